The van der Waals surface area contributed by atoms with E-state index in [1.165, 1.54) is 4.90 Å². The van der Waals surface area contributed by atoms with Crippen LogP contribution in [0.1, 0.15) is 12.5 Å². The molecule has 1 atom stereocenters. The van der Waals surface area contributed by atoms with Crippen molar-refractivity contribution in [1.82, 2.24) is 15.5 Å². The van der Waals surface area contributed by atoms with Crippen LogP contribution in [-0.2, 0) is 11.3 Å². The Morgan fingerprint density at radius 1 is 1.04 bits per heavy atom. The zero-order chi connectivity index (χ0) is 19.5. The summed E-state index contributed by atoms with van der Waals surface area (Å²) in [4.78, 5) is 19.3. The van der Waals surface area contributed by atoms with Gasteiger partial charge in [0.15, 0.2) is 5.96 Å². The second-order valence-electron chi connectivity index (χ2n) is 6.41. The van der Waals surface area contributed by atoms with Crippen molar-refractivity contribution < 1.29 is 4.79 Å². The van der Waals surface area contributed by atoms with Crippen molar-refractivity contribution in [2.75, 3.05) is 27.2 Å². The number of hydrogen-bond acceptors (Lipinski definition) is 3. The quantitative estimate of drug-likeness (QED) is 0.417. The highest BCUT2D eigenvalue weighted by Gasteiger charge is 2.09. The Morgan fingerprint density at radius 3 is 2.30 bits per heavy atom. The molecule has 2 N–H and O–H groups in total. The van der Waals surface area contributed by atoms with Gasteiger partial charge in [-0.1, -0.05) is 55.5 Å². The lowest BCUT2D eigenvalue weighted by molar-refractivity contribution is -0.127. The SMILES string of the molecule is CC(CNC(=NCc1ccccc1)NCC(=O)N(C)C)Sc1ccccc1. The van der Waals surface area contributed by atoms with Gasteiger partial charge in [-0.25, -0.2) is 4.99 Å². The maximum atomic E-state index is 11.9. The predicted molar refractivity (Wildman–Crippen MR) is 114 cm³/mol. The first-order chi connectivity index (χ1) is 13.0. The van der Waals surface area contributed by atoms with Gasteiger partial charge in [-0.05, 0) is 17.7 Å². The third kappa shape index (κ3) is 8.17. The van der Waals surface area contributed by atoms with Crippen LogP contribution in [0.4, 0.5) is 0 Å². The van der Waals surface area contributed by atoms with Crippen LogP contribution >= 0.6 is 11.8 Å². The Bertz CT molecular complexity index is 719. The van der Waals surface area contributed by atoms with Crippen LogP contribution in [0, 0.1) is 0 Å². The second kappa shape index (κ2) is 11.3. The lowest BCUT2D eigenvalue weighted by atomic mass is 10.2. The average Bonchev–Trinajstić information content (AvgIpc) is 2.68. The van der Waals surface area contributed by atoms with Gasteiger partial charge in [0, 0.05) is 30.8 Å². The summed E-state index contributed by atoms with van der Waals surface area (Å²) >= 11 is 1.81. The van der Waals surface area contributed by atoms with Crippen LogP contribution in [0.2, 0.25) is 0 Å². The molecule has 0 heterocycles. The minimum atomic E-state index is 0.0101. The number of nitrogens with zero attached hydrogens (tertiary/aromatic N) is 2. The molecular weight excluding hydrogens is 356 g/mol. The van der Waals surface area contributed by atoms with Crippen molar-refractivity contribution in [3.63, 3.8) is 0 Å². The molecule has 1 unspecified atom stereocenters. The lowest BCUT2D eigenvalue weighted by Crippen LogP contribution is -2.44. The van der Waals surface area contributed by atoms with Crippen LogP contribution in [-0.4, -0.2) is 49.2 Å². The largest absolute Gasteiger partial charge is 0.355 e. The van der Waals surface area contributed by atoms with Crippen LogP contribution in [0.3, 0.4) is 0 Å². The number of hydrogen-bond donors (Lipinski definition) is 2. The fraction of sp³-hybridized carbons (Fsp3) is 0.333. The molecule has 0 aromatic heterocycles. The molecule has 0 saturated carbocycles. The van der Waals surface area contributed by atoms with E-state index in [4.69, 9.17) is 0 Å². The molecule has 144 valence electrons. The summed E-state index contributed by atoms with van der Waals surface area (Å²) < 4.78 is 0. The van der Waals surface area contributed by atoms with Gasteiger partial charge < -0.3 is 15.5 Å². The third-order valence-electron chi connectivity index (χ3n) is 3.81. The summed E-state index contributed by atoms with van der Waals surface area (Å²) in [5.41, 5.74) is 1.13. The first-order valence-electron chi connectivity index (χ1n) is 9.02. The van der Waals surface area contributed by atoms with E-state index in [0.29, 0.717) is 17.8 Å². The van der Waals surface area contributed by atoms with E-state index < -0.39 is 0 Å². The molecule has 0 fully saturated rings. The zero-order valence-electron chi connectivity index (χ0n) is 16.2. The Kier molecular flexibility index (Phi) is 8.71. The molecule has 0 radical (unpaired) electrons. The highest BCUT2D eigenvalue weighted by molar-refractivity contribution is 8.00. The number of guanidine groups is 1. The number of amides is 1. The highest BCUT2D eigenvalue weighted by Crippen LogP contribution is 2.21. The molecule has 0 aliphatic rings. The smallest absolute Gasteiger partial charge is 0.241 e. The monoisotopic (exact) mass is 384 g/mol. The molecule has 1 amide bonds. The summed E-state index contributed by atoms with van der Waals surface area (Å²) in [6.45, 7) is 3.70. The summed E-state index contributed by atoms with van der Waals surface area (Å²) in [5, 5.41) is 6.84. The lowest BCUT2D eigenvalue weighted by Gasteiger charge is -2.17. The molecule has 0 saturated heterocycles. The van der Waals surface area contributed by atoms with Crippen molar-refractivity contribution in [2.24, 2.45) is 4.99 Å². The van der Waals surface area contributed by atoms with E-state index in [1.54, 1.807) is 19.0 Å². The predicted octanol–water partition coefficient (Wildman–Crippen LogP) is 2.99. The Morgan fingerprint density at radius 2 is 1.67 bits per heavy atom. The molecule has 0 bridgehead atoms. The summed E-state index contributed by atoms with van der Waals surface area (Å²) in [6.07, 6.45) is 0. The molecule has 0 aliphatic heterocycles. The topological polar surface area (TPSA) is 56.7 Å². The molecule has 0 spiro atoms. The van der Waals surface area contributed by atoms with Crippen LogP contribution in [0.5, 0.6) is 0 Å². The molecule has 27 heavy (non-hydrogen) atoms. The fourth-order valence-corrected chi connectivity index (χ4v) is 3.20. The molecule has 0 aliphatic carbocycles. The molecule has 6 heteroatoms. The number of nitrogens with one attached hydrogen (secondary N) is 2. The van der Waals surface area contributed by atoms with Gasteiger partial charge in [-0.2, -0.15) is 0 Å². The van der Waals surface area contributed by atoms with Crippen LogP contribution in [0.15, 0.2) is 70.6 Å². The molecule has 2 aromatic carbocycles. The van der Waals surface area contributed by atoms with Gasteiger partial charge in [0.25, 0.3) is 0 Å². The number of aliphatic imine (C=N–C) groups is 1. The standard InChI is InChI=1S/C21H28N4OS/c1-17(27-19-12-8-5-9-13-19)14-22-21(24-16-20(26)25(2)3)23-15-18-10-6-4-7-11-18/h4-13,17H,14-16H2,1-3H3,(H2,22,23,24). The van der Waals surface area contributed by atoms with Crippen molar-refractivity contribution in [3.8, 4) is 0 Å². The zero-order valence-corrected chi connectivity index (χ0v) is 17.0. The van der Waals surface area contributed by atoms with Gasteiger partial charge in [0.2, 0.25) is 5.91 Å². The number of carbonyl (C=O) groups is 1. The third-order valence-corrected chi connectivity index (χ3v) is 4.92. The Hall–Kier alpha value is -2.47. The van der Waals surface area contributed by atoms with E-state index >= 15 is 0 Å². The normalized spacial score (nSPS) is 12.3. The van der Waals surface area contributed by atoms with E-state index in [2.05, 4.69) is 34.7 Å². The Labute approximate surface area is 166 Å². The molecule has 2 rings (SSSR count). The van der Waals surface area contributed by atoms with E-state index in [0.717, 1.165) is 12.1 Å². The average molecular weight is 385 g/mol. The first-order valence-corrected chi connectivity index (χ1v) is 9.90. The van der Waals surface area contributed by atoms with Crippen LogP contribution < -0.4 is 10.6 Å². The summed E-state index contributed by atoms with van der Waals surface area (Å²) in [6, 6.07) is 20.4. The highest BCUT2D eigenvalue weighted by atomic mass is 32.2. The summed E-state index contributed by atoms with van der Waals surface area (Å²) in [5.74, 6) is 0.658. The van der Waals surface area contributed by atoms with Crippen LogP contribution in [0.25, 0.3) is 0 Å². The van der Waals surface area contributed by atoms with Gasteiger partial charge >= 0.3 is 0 Å². The maximum absolute atomic E-state index is 11.9. The summed E-state index contributed by atoms with van der Waals surface area (Å²) in [7, 11) is 3.49. The molecular formula is C21H28N4OS. The first kappa shape index (κ1) is 20.8. The van der Waals surface area contributed by atoms with Gasteiger partial charge in [-0.15, -0.1) is 11.8 Å². The minimum Gasteiger partial charge on any atom is -0.355 e. The molecule has 2 aromatic rings. The number of likely N-dealkylation sites (N-methyl/N-ethyl adjacent to an activating group) is 1. The van der Waals surface area contributed by atoms with Crippen molar-refractivity contribution in [3.05, 3.63) is 66.2 Å². The number of thioether (sulfide) groups is 1. The fourth-order valence-electron chi connectivity index (χ4n) is 2.26. The number of rotatable bonds is 8. The van der Waals surface area contributed by atoms with Gasteiger partial charge in [-0.3, -0.25) is 4.79 Å². The van der Waals surface area contributed by atoms with E-state index in [-0.39, 0.29) is 12.5 Å². The van der Waals surface area contributed by atoms with E-state index in [1.807, 2.05) is 60.3 Å². The van der Waals surface area contributed by atoms with Gasteiger partial charge in [0.05, 0.1) is 13.1 Å². The van der Waals surface area contributed by atoms with Crippen molar-refractivity contribution in [1.29, 1.82) is 0 Å². The second-order valence-corrected chi connectivity index (χ2v) is 7.93. The van der Waals surface area contributed by atoms with Gasteiger partial charge in [0.1, 0.15) is 0 Å². The minimum absolute atomic E-state index is 0.0101. The number of carbonyl (C=O) groups excluding carboxylic acids is 1. The Balaban J connectivity index is 1.92. The number of benzene rings is 2. The molecule has 5 nitrogen and oxygen atoms in total. The van der Waals surface area contributed by atoms with E-state index in [9.17, 15) is 4.79 Å². The maximum Gasteiger partial charge on any atom is 0.241 e. The van der Waals surface area contributed by atoms with Crippen molar-refractivity contribution >= 4 is 23.6 Å². The van der Waals surface area contributed by atoms with Crippen molar-refractivity contribution in [2.45, 2.75) is 23.6 Å².